The summed E-state index contributed by atoms with van der Waals surface area (Å²) in [5, 5.41) is 15.8. The SMILES string of the molecule is CC(N[C@@H](CO)c1ccccc1)c1nccs1. The predicted molar refractivity (Wildman–Crippen MR) is 69.9 cm³/mol. The number of aliphatic hydroxyl groups is 1. The number of aliphatic hydroxyl groups excluding tert-OH is 1. The Labute approximate surface area is 105 Å². The number of hydrogen-bond acceptors (Lipinski definition) is 4. The summed E-state index contributed by atoms with van der Waals surface area (Å²) in [4.78, 5) is 4.27. The van der Waals surface area contributed by atoms with Gasteiger partial charge in [0, 0.05) is 11.6 Å². The molecule has 0 amide bonds. The van der Waals surface area contributed by atoms with Crippen LogP contribution < -0.4 is 5.32 Å². The lowest BCUT2D eigenvalue weighted by Crippen LogP contribution is -2.27. The number of rotatable bonds is 5. The van der Waals surface area contributed by atoms with Gasteiger partial charge in [-0.2, -0.15) is 0 Å². The minimum atomic E-state index is -0.0462. The zero-order valence-electron chi connectivity index (χ0n) is 9.71. The second-order valence-electron chi connectivity index (χ2n) is 3.90. The first-order chi connectivity index (χ1) is 8.31. The highest BCUT2D eigenvalue weighted by Gasteiger charge is 2.15. The van der Waals surface area contributed by atoms with Gasteiger partial charge in [0.15, 0.2) is 0 Å². The minimum absolute atomic E-state index is 0.0462. The van der Waals surface area contributed by atoms with Crippen molar-refractivity contribution in [3.63, 3.8) is 0 Å². The molecule has 0 bridgehead atoms. The second-order valence-corrected chi connectivity index (χ2v) is 4.83. The lowest BCUT2D eigenvalue weighted by Gasteiger charge is -2.20. The van der Waals surface area contributed by atoms with Crippen molar-refractivity contribution in [2.75, 3.05) is 6.61 Å². The van der Waals surface area contributed by atoms with E-state index in [1.54, 1.807) is 17.5 Å². The molecule has 2 rings (SSSR count). The van der Waals surface area contributed by atoms with Crippen molar-refractivity contribution >= 4 is 11.3 Å². The highest BCUT2D eigenvalue weighted by Crippen LogP contribution is 2.20. The number of aromatic nitrogens is 1. The maximum Gasteiger partial charge on any atom is 0.109 e. The van der Waals surface area contributed by atoms with Crippen LogP contribution in [-0.2, 0) is 0 Å². The molecule has 0 aliphatic carbocycles. The third-order valence-corrected chi connectivity index (χ3v) is 3.62. The summed E-state index contributed by atoms with van der Waals surface area (Å²) in [5.74, 6) is 0. The number of benzene rings is 1. The van der Waals surface area contributed by atoms with Crippen LogP contribution in [0.1, 0.15) is 29.6 Å². The molecular weight excluding hydrogens is 232 g/mol. The van der Waals surface area contributed by atoms with E-state index in [4.69, 9.17) is 0 Å². The average molecular weight is 248 g/mol. The third kappa shape index (κ3) is 3.12. The van der Waals surface area contributed by atoms with E-state index in [2.05, 4.69) is 17.2 Å². The molecule has 1 heterocycles. The van der Waals surface area contributed by atoms with Gasteiger partial charge in [0.2, 0.25) is 0 Å². The molecule has 1 unspecified atom stereocenters. The Kier molecular flexibility index (Phi) is 4.25. The summed E-state index contributed by atoms with van der Waals surface area (Å²) in [6, 6.07) is 10.1. The highest BCUT2D eigenvalue weighted by atomic mass is 32.1. The van der Waals surface area contributed by atoms with E-state index in [0.717, 1.165) is 10.6 Å². The van der Waals surface area contributed by atoms with Crippen molar-refractivity contribution in [3.05, 3.63) is 52.5 Å². The molecular formula is C13H16N2OS. The van der Waals surface area contributed by atoms with Crippen LogP contribution in [0.25, 0.3) is 0 Å². The summed E-state index contributed by atoms with van der Waals surface area (Å²) in [5.41, 5.74) is 1.10. The standard InChI is InChI=1S/C13H16N2OS/c1-10(13-14-7-8-17-13)15-12(9-16)11-5-3-2-4-6-11/h2-8,10,12,15-16H,9H2,1H3/t10?,12-/m0/s1. The van der Waals surface area contributed by atoms with Crippen molar-refractivity contribution in [2.45, 2.75) is 19.0 Å². The largest absolute Gasteiger partial charge is 0.394 e. The van der Waals surface area contributed by atoms with Crippen LogP contribution in [0, 0.1) is 0 Å². The van der Waals surface area contributed by atoms with Crippen LogP contribution in [-0.4, -0.2) is 16.7 Å². The topological polar surface area (TPSA) is 45.1 Å². The minimum Gasteiger partial charge on any atom is -0.394 e. The second kappa shape index (κ2) is 5.91. The number of nitrogens with one attached hydrogen (secondary N) is 1. The maximum atomic E-state index is 9.45. The van der Waals surface area contributed by atoms with E-state index in [1.807, 2.05) is 35.7 Å². The van der Waals surface area contributed by atoms with Gasteiger partial charge in [0.25, 0.3) is 0 Å². The fraction of sp³-hybridized carbons (Fsp3) is 0.308. The molecule has 0 spiro atoms. The molecule has 3 nitrogen and oxygen atoms in total. The van der Waals surface area contributed by atoms with E-state index in [9.17, 15) is 5.11 Å². The maximum absolute atomic E-state index is 9.45. The van der Waals surface area contributed by atoms with Crippen molar-refractivity contribution < 1.29 is 5.11 Å². The molecule has 0 aliphatic heterocycles. The Balaban J connectivity index is 2.06. The fourth-order valence-electron chi connectivity index (χ4n) is 1.76. The van der Waals surface area contributed by atoms with Crippen LogP contribution in [0.4, 0.5) is 0 Å². The highest BCUT2D eigenvalue weighted by molar-refractivity contribution is 7.09. The summed E-state index contributed by atoms with van der Waals surface area (Å²) in [7, 11) is 0. The lowest BCUT2D eigenvalue weighted by molar-refractivity contribution is 0.235. The van der Waals surface area contributed by atoms with Gasteiger partial charge in [-0.1, -0.05) is 30.3 Å². The van der Waals surface area contributed by atoms with Gasteiger partial charge in [-0.3, -0.25) is 5.32 Å². The summed E-state index contributed by atoms with van der Waals surface area (Å²) >= 11 is 1.62. The fourth-order valence-corrected chi connectivity index (χ4v) is 2.42. The average Bonchev–Trinajstić information content (AvgIpc) is 2.90. The van der Waals surface area contributed by atoms with Crippen LogP contribution >= 0.6 is 11.3 Å². The molecule has 0 fully saturated rings. The van der Waals surface area contributed by atoms with Gasteiger partial charge in [-0.05, 0) is 12.5 Å². The van der Waals surface area contributed by atoms with Crippen molar-refractivity contribution in [3.8, 4) is 0 Å². The van der Waals surface area contributed by atoms with Crippen LogP contribution in [0.5, 0.6) is 0 Å². The van der Waals surface area contributed by atoms with E-state index in [1.165, 1.54) is 0 Å². The molecule has 1 aromatic carbocycles. The van der Waals surface area contributed by atoms with E-state index >= 15 is 0 Å². The van der Waals surface area contributed by atoms with E-state index in [-0.39, 0.29) is 18.7 Å². The molecule has 0 aliphatic rings. The molecule has 17 heavy (non-hydrogen) atoms. The Morgan fingerprint density at radius 2 is 2.12 bits per heavy atom. The monoisotopic (exact) mass is 248 g/mol. The lowest BCUT2D eigenvalue weighted by atomic mass is 10.1. The predicted octanol–water partition coefficient (Wildman–Crippen LogP) is 2.53. The Hall–Kier alpha value is -1.23. The summed E-state index contributed by atoms with van der Waals surface area (Å²) in [6.07, 6.45) is 1.80. The summed E-state index contributed by atoms with van der Waals surface area (Å²) < 4.78 is 0. The van der Waals surface area contributed by atoms with Gasteiger partial charge in [-0.15, -0.1) is 11.3 Å². The molecule has 90 valence electrons. The first kappa shape index (κ1) is 12.2. The molecule has 0 saturated carbocycles. The first-order valence-corrected chi connectivity index (χ1v) is 6.50. The molecule has 0 radical (unpaired) electrons. The Morgan fingerprint density at radius 1 is 1.35 bits per heavy atom. The van der Waals surface area contributed by atoms with Crippen LogP contribution in [0.3, 0.4) is 0 Å². The van der Waals surface area contributed by atoms with Crippen LogP contribution in [0.2, 0.25) is 0 Å². The van der Waals surface area contributed by atoms with Gasteiger partial charge >= 0.3 is 0 Å². The quantitative estimate of drug-likeness (QED) is 0.854. The van der Waals surface area contributed by atoms with Gasteiger partial charge in [0.1, 0.15) is 5.01 Å². The molecule has 2 aromatic rings. The van der Waals surface area contributed by atoms with Gasteiger partial charge < -0.3 is 5.11 Å². The van der Waals surface area contributed by atoms with Crippen molar-refractivity contribution in [2.24, 2.45) is 0 Å². The zero-order chi connectivity index (χ0) is 12.1. The number of nitrogens with zero attached hydrogens (tertiary/aromatic N) is 1. The molecule has 0 saturated heterocycles. The number of hydrogen-bond donors (Lipinski definition) is 2. The zero-order valence-corrected chi connectivity index (χ0v) is 10.5. The van der Waals surface area contributed by atoms with Crippen molar-refractivity contribution in [1.82, 2.24) is 10.3 Å². The molecule has 4 heteroatoms. The molecule has 2 atom stereocenters. The smallest absolute Gasteiger partial charge is 0.109 e. The van der Waals surface area contributed by atoms with E-state index in [0.29, 0.717) is 0 Å². The third-order valence-electron chi connectivity index (χ3n) is 2.66. The summed E-state index contributed by atoms with van der Waals surface area (Å²) in [6.45, 7) is 2.14. The van der Waals surface area contributed by atoms with Crippen LogP contribution in [0.15, 0.2) is 41.9 Å². The molecule has 1 aromatic heterocycles. The first-order valence-electron chi connectivity index (χ1n) is 5.62. The van der Waals surface area contributed by atoms with Gasteiger partial charge in [0.05, 0.1) is 18.7 Å². The normalized spacial score (nSPS) is 14.5. The number of thiazole rings is 1. The molecule has 2 N–H and O–H groups in total. The Bertz CT molecular complexity index is 430. The van der Waals surface area contributed by atoms with Gasteiger partial charge in [-0.25, -0.2) is 4.98 Å². The van der Waals surface area contributed by atoms with E-state index < -0.39 is 0 Å². The van der Waals surface area contributed by atoms with Crippen molar-refractivity contribution in [1.29, 1.82) is 0 Å². The Morgan fingerprint density at radius 3 is 2.71 bits per heavy atom.